The molecule has 0 bridgehead atoms. The Morgan fingerprint density at radius 3 is 2.22 bits per heavy atom. The number of aromatic carboxylic acids is 1. The number of carboxylic acid groups (broad SMARTS) is 1. The average Bonchev–Trinajstić information content (AvgIpc) is 2.88. The van der Waals surface area contributed by atoms with Crippen molar-refractivity contribution in [3.05, 3.63) is 83.9 Å². The number of amides is 1. The summed E-state index contributed by atoms with van der Waals surface area (Å²) in [6, 6.07) is 18.7. The molecule has 0 aliphatic heterocycles. The molecule has 2 N–H and O–H groups in total. The number of hydrazone groups is 1. The molecular formula is C25H25N3O6S2. The van der Waals surface area contributed by atoms with E-state index in [-0.39, 0.29) is 16.1 Å². The van der Waals surface area contributed by atoms with Gasteiger partial charge in [0, 0.05) is 4.90 Å². The normalized spacial score (nSPS) is 11.3. The summed E-state index contributed by atoms with van der Waals surface area (Å²) in [5.41, 5.74) is 3.29. The number of carbonyl (C=O) groups is 2. The molecule has 3 aromatic carbocycles. The highest BCUT2D eigenvalue weighted by Crippen LogP contribution is 2.27. The maximum Gasteiger partial charge on any atom is 0.335 e. The number of rotatable bonds is 11. The van der Waals surface area contributed by atoms with Gasteiger partial charge in [-0.15, -0.1) is 11.8 Å². The second-order valence-corrected chi connectivity index (χ2v) is 10.1. The van der Waals surface area contributed by atoms with Crippen LogP contribution in [-0.4, -0.2) is 51.0 Å². The maximum absolute atomic E-state index is 13.5. The number of anilines is 1. The highest BCUT2D eigenvalue weighted by Gasteiger charge is 2.27. The van der Waals surface area contributed by atoms with Crippen molar-refractivity contribution >= 4 is 45.6 Å². The van der Waals surface area contributed by atoms with Crippen LogP contribution in [0.3, 0.4) is 0 Å². The topological polar surface area (TPSA) is 125 Å². The number of sulfonamides is 1. The van der Waals surface area contributed by atoms with E-state index < -0.39 is 28.4 Å². The zero-order chi connectivity index (χ0) is 26.1. The Morgan fingerprint density at radius 1 is 1.03 bits per heavy atom. The summed E-state index contributed by atoms with van der Waals surface area (Å²) in [4.78, 5) is 24.6. The zero-order valence-electron chi connectivity index (χ0n) is 19.6. The van der Waals surface area contributed by atoms with Gasteiger partial charge in [-0.05, 0) is 79.4 Å². The molecule has 36 heavy (non-hydrogen) atoms. The lowest BCUT2D eigenvalue weighted by molar-refractivity contribution is -0.119. The number of carbonyl (C=O) groups excluding carboxylic acids is 1. The average molecular weight is 528 g/mol. The van der Waals surface area contributed by atoms with Crippen molar-refractivity contribution in [1.29, 1.82) is 0 Å². The third-order valence-corrected chi connectivity index (χ3v) is 7.46. The van der Waals surface area contributed by atoms with Gasteiger partial charge in [-0.1, -0.05) is 12.1 Å². The lowest BCUT2D eigenvalue weighted by Gasteiger charge is -2.24. The third-order valence-electron chi connectivity index (χ3n) is 4.93. The molecule has 11 heteroatoms. The molecule has 0 aliphatic carbocycles. The van der Waals surface area contributed by atoms with Gasteiger partial charge >= 0.3 is 5.97 Å². The summed E-state index contributed by atoms with van der Waals surface area (Å²) in [6.07, 6.45) is 3.22. The van der Waals surface area contributed by atoms with Crippen LogP contribution in [0.4, 0.5) is 5.69 Å². The number of benzene rings is 3. The van der Waals surface area contributed by atoms with Crippen LogP contribution in [0, 0.1) is 0 Å². The van der Waals surface area contributed by atoms with Crippen molar-refractivity contribution in [2.75, 3.05) is 23.7 Å². The number of hydrogen-bond donors (Lipinski definition) is 2. The Bertz CT molecular complexity index is 1320. The predicted octanol–water partition coefficient (Wildman–Crippen LogP) is 3.85. The summed E-state index contributed by atoms with van der Waals surface area (Å²) in [6.45, 7) is 1.78. The Kier molecular flexibility index (Phi) is 9.09. The molecule has 0 aromatic heterocycles. The highest BCUT2D eigenvalue weighted by molar-refractivity contribution is 7.98. The molecule has 9 nitrogen and oxygen atoms in total. The molecule has 3 aromatic rings. The number of ether oxygens (including phenoxy) is 1. The Balaban J connectivity index is 1.82. The number of carboxylic acids is 1. The lowest BCUT2D eigenvalue weighted by Crippen LogP contribution is -2.39. The van der Waals surface area contributed by atoms with Crippen molar-refractivity contribution in [1.82, 2.24) is 5.43 Å². The van der Waals surface area contributed by atoms with Crippen molar-refractivity contribution in [2.45, 2.75) is 16.7 Å². The summed E-state index contributed by atoms with van der Waals surface area (Å²) in [5, 5.41) is 12.8. The van der Waals surface area contributed by atoms with Gasteiger partial charge in [0.05, 0.1) is 29.0 Å². The van der Waals surface area contributed by atoms with E-state index in [2.05, 4.69) is 10.5 Å². The van der Waals surface area contributed by atoms with Crippen LogP contribution in [0.15, 0.2) is 87.7 Å². The van der Waals surface area contributed by atoms with Crippen molar-refractivity contribution < 1.29 is 27.9 Å². The molecule has 0 saturated heterocycles. The van der Waals surface area contributed by atoms with Crippen LogP contribution in [0.5, 0.6) is 5.75 Å². The number of thioether (sulfide) groups is 1. The predicted molar refractivity (Wildman–Crippen MR) is 140 cm³/mol. The first-order chi connectivity index (χ1) is 17.2. The quantitative estimate of drug-likeness (QED) is 0.220. The fourth-order valence-corrected chi connectivity index (χ4v) is 4.95. The molecule has 0 radical (unpaired) electrons. The van der Waals surface area contributed by atoms with Gasteiger partial charge in [0.25, 0.3) is 15.9 Å². The molecule has 3 rings (SSSR count). The van der Waals surface area contributed by atoms with E-state index in [0.29, 0.717) is 17.9 Å². The minimum Gasteiger partial charge on any atom is -0.494 e. The van der Waals surface area contributed by atoms with Gasteiger partial charge in [0.1, 0.15) is 12.3 Å². The molecule has 0 saturated carbocycles. The van der Waals surface area contributed by atoms with Crippen molar-refractivity contribution in [3.8, 4) is 5.75 Å². The standard InChI is InChI=1S/C25H25N3O6S2/c1-3-34-21-10-8-20(9-11-21)28(36(32,33)23-14-12-22(35-2)13-15-23)17-24(29)27-26-16-18-4-6-19(7-5-18)25(30)31/h4-16H,3,17H2,1-2H3,(H,27,29)(H,30,31)/b26-16-. The van der Waals surface area contributed by atoms with Crippen molar-refractivity contribution in [2.24, 2.45) is 5.10 Å². The molecule has 0 spiro atoms. The first-order valence-electron chi connectivity index (χ1n) is 10.8. The highest BCUT2D eigenvalue weighted by atomic mass is 32.2. The van der Waals surface area contributed by atoms with Gasteiger partial charge in [-0.3, -0.25) is 9.10 Å². The minimum atomic E-state index is -4.07. The molecule has 0 atom stereocenters. The van der Waals surface area contributed by atoms with Crippen molar-refractivity contribution in [3.63, 3.8) is 0 Å². The van der Waals surface area contributed by atoms with E-state index in [0.717, 1.165) is 9.20 Å². The van der Waals surface area contributed by atoms with E-state index in [1.165, 1.54) is 54.4 Å². The van der Waals surface area contributed by atoms with Crippen LogP contribution in [0.25, 0.3) is 0 Å². The third kappa shape index (κ3) is 6.86. The van der Waals surface area contributed by atoms with Gasteiger partial charge in [-0.2, -0.15) is 5.10 Å². The molecule has 188 valence electrons. The number of nitrogens with zero attached hydrogens (tertiary/aromatic N) is 2. The fraction of sp³-hybridized carbons (Fsp3) is 0.160. The molecule has 0 unspecified atom stereocenters. The van der Waals surface area contributed by atoms with Crippen LogP contribution in [-0.2, 0) is 14.8 Å². The number of hydrogen-bond acceptors (Lipinski definition) is 7. The Morgan fingerprint density at radius 2 is 1.67 bits per heavy atom. The van der Waals surface area contributed by atoms with Gasteiger partial charge in [-0.25, -0.2) is 18.6 Å². The van der Waals surface area contributed by atoms with E-state index in [1.807, 2.05) is 13.2 Å². The monoisotopic (exact) mass is 527 g/mol. The summed E-state index contributed by atoms with van der Waals surface area (Å²) in [7, 11) is -4.07. The smallest absolute Gasteiger partial charge is 0.335 e. The molecule has 0 fully saturated rings. The first-order valence-corrected chi connectivity index (χ1v) is 13.5. The minimum absolute atomic E-state index is 0.0454. The molecule has 0 aliphatic rings. The summed E-state index contributed by atoms with van der Waals surface area (Å²) in [5.74, 6) is -1.14. The van der Waals surface area contributed by atoms with Gasteiger partial charge in [0.15, 0.2) is 0 Å². The zero-order valence-corrected chi connectivity index (χ0v) is 21.3. The van der Waals surface area contributed by atoms with Crippen LogP contribution >= 0.6 is 11.8 Å². The van der Waals surface area contributed by atoms with E-state index in [4.69, 9.17) is 9.84 Å². The van der Waals surface area contributed by atoms with Crippen LogP contribution in [0.2, 0.25) is 0 Å². The van der Waals surface area contributed by atoms with Crippen LogP contribution < -0.4 is 14.5 Å². The number of nitrogens with one attached hydrogen (secondary N) is 1. The Labute approximate surface area is 213 Å². The fourth-order valence-electron chi connectivity index (χ4n) is 3.12. The largest absolute Gasteiger partial charge is 0.494 e. The van der Waals surface area contributed by atoms with Gasteiger partial charge in [0.2, 0.25) is 0 Å². The SMILES string of the molecule is CCOc1ccc(N(CC(=O)N/N=C\c2ccc(C(=O)O)cc2)S(=O)(=O)c2ccc(SC)cc2)cc1. The van der Waals surface area contributed by atoms with E-state index >= 15 is 0 Å². The van der Waals surface area contributed by atoms with Gasteiger partial charge < -0.3 is 9.84 Å². The molecule has 0 heterocycles. The first kappa shape index (κ1) is 26.8. The van der Waals surface area contributed by atoms with E-state index in [9.17, 15) is 18.0 Å². The summed E-state index contributed by atoms with van der Waals surface area (Å²) >= 11 is 1.49. The lowest BCUT2D eigenvalue weighted by atomic mass is 10.1. The maximum atomic E-state index is 13.5. The van der Waals surface area contributed by atoms with Crippen LogP contribution in [0.1, 0.15) is 22.8 Å². The molecular weight excluding hydrogens is 502 g/mol. The second kappa shape index (κ2) is 12.2. The second-order valence-electron chi connectivity index (χ2n) is 7.33. The van der Waals surface area contributed by atoms with E-state index in [1.54, 1.807) is 36.4 Å². The molecule has 1 amide bonds. The summed E-state index contributed by atoms with van der Waals surface area (Å²) < 4.78 is 33.4. The Hall–Kier alpha value is -3.83.